The normalized spacial score (nSPS) is 12.1. The average Bonchev–Trinajstić information content (AvgIpc) is 2.35. The lowest BCUT2D eigenvalue weighted by molar-refractivity contribution is -0.131. The Bertz CT molecular complexity index is 530. The molecule has 1 aromatic carbocycles. The molecule has 0 radical (unpaired) electrons. The number of aldehydes is 1. The minimum absolute atomic E-state index is 0.137. The minimum Gasteiger partial charge on any atom is -0.426 e. The molecular weight excluding hydrogens is 284 g/mol. The first-order valence-corrected chi connectivity index (χ1v) is 9.88. The van der Waals surface area contributed by atoms with Gasteiger partial charge in [-0.1, -0.05) is 26.8 Å². The summed E-state index contributed by atoms with van der Waals surface area (Å²) in [6.07, 6.45) is 0.689. The summed E-state index contributed by atoms with van der Waals surface area (Å²) in [5.74, 6) is -0.156. The van der Waals surface area contributed by atoms with Crippen molar-refractivity contribution in [3.05, 3.63) is 29.3 Å². The van der Waals surface area contributed by atoms with Gasteiger partial charge in [0.1, 0.15) is 5.75 Å². The molecule has 21 heavy (non-hydrogen) atoms. The summed E-state index contributed by atoms with van der Waals surface area (Å²) in [6.45, 7) is 12.7. The van der Waals surface area contributed by atoms with E-state index < -0.39 is 14.3 Å². The molecule has 0 atom stereocenters. The number of hydrogen-bond acceptors (Lipinski definition) is 4. The van der Waals surface area contributed by atoms with E-state index in [2.05, 4.69) is 33.9 Å². The number of esters is 1. The number of hydrogen-bond donors (Lipinski definition) is 0. The number of carbonyl (C=O) groups is 2. The van der Waals surface area contributed by atoms with Gasteiger partial charge in [0.15, 0.2) is 14.6 Å². The van der Waals surface area contributed by atoms with Crippen molar-refractivity contribution in [1.82, 2.24) is 0 Å². The fourth-order valence-electron chi connectivity index (χ4n) is 1.51. The number of ether oxygens (including phenoxy) is 1. The molecule has 0 N–H and O–H groups in total. The van der Waals surface area contributed by atoms with E-state index in [-0.39, 0.29) is 10.8 Å². The van der Waals surface area contributed by atoms with Crippen molar-refractivity contribution in [1.29, 1.82) is 0 Å². The molecule has 5 heteroatoms. The summed E-state index contributed by atoms with van der Waals surface area (Å²) >= 11 is 0. The van der Waals surface area contributed by atoms with Crippen LogP contribution >= 0.6 is 0 Å². The van der Waals surface area contributed by atoms with Gasteiger partial charge in [-0.25, -0.2) is 0 Å². The van der Waals surface area contributed by atoms with Crippen molar-refractivity contribution in [3.63, 3.8) is 0 Å². The second-order valence-electron chi connectivity index (χ2n) is 6.63. The third kappa shape index (κ3) is 4.79. The van der Waals surface area contributed by atoms with Crippen molar-refractivity contribution < 1.29 is 18.8 Å². The van der Waals surface area contributed by atoms with E-state index in [0.717, 1.165) is 5.56 Å². The highest BCUT2D eigenvalue weighted by atomic mass is 28.4. The first kappa shape index (κ1) is 17.6. The van der Waals surface area contributed by atoms with Crippen LogP contribution in [0.5, 0.6) is 5.75 Å². The molecule has 0 bridgehead atoms. The third-order valence-corrected chi connectivity index (χ3v) is 8.34. The average molecular weight is 308 g/mol. The molecule has 1 aromatic rings. The van der Waals surface area contributed by atoms with Gasteiger partial charge in [-0.3, -0.25) is 9.59 Å². The second-order valence-corrected chi connectivity index (χ2v) is 11.4. The van der Waals surface area contributed by atoms with Crippen LogP contribution in [0.25, 0.3) is 0 Å². The fraction of sp³-hybridized carbons (Fsp3) is 0.500. The number of carbonyl (C=O) groups excluding carboxylic acids is 2. The molecule has 0 saturated heterocycles. The highest BCUT2D eigenvalue weighted by molar-refractivity contribution is 6.74. The van der Waals surface area contributed by atoms with Crippen LogP contribution in [0.15, 0.2) is 18.2 Å². The monoisotopic (exact) mass is 308 g/mol. The summed E-state index contributed by atoms with van der Waals surface area (Å²) < 4.78 is 11.1. The summed E-state index contributed by atoms with van der Waals surface area (Å²) in [7, 11) is -1.83. The maximum absolute atomic E-state index is 11.1. The predicted octanol–water partition coefficient (Wildman–Crippen LogP) is 3.95. The molecule has 0 fully saturated rings. The van der Waals surface area contributed by atoms with Crippen LogP contribution in [0.3, 0.4) is 0 Å². The molecule has 0 aromatic heterocycles. The van der Waals surface area contributed by atoms with E-state index in [4.69, 9.17) is 9.16 Å². The molecule has 0 heterocycles. The van der Waals surface area contributed by atoms with E-state index in [1.807, 2.05) is 6.07 Å². The van der Waals surface area contributed by atoms with Crippen molar-refractivity contribution >= 4 is 20.6 Å². The summed E-state index contributed by atoms with van der Waals surface area (Å²) in [4.78, 5) is 22.1. The first-order valence-electron chi connectivity index (χ1n) is 6.97. The van der Waals surface area contributed by atoms with Crippen LogP contribution in [-0.2, 0) is 15.8 Å². The van der Waals surface area contributed by atoms with Crippen LogP contribution in [0.1, 0.15) is 43.6 Å². The van der Waals surface area contributed by atoms with Gasteiger partial charge < -0.3 is 9.16 Å². The minimum atomic E-state index is -1.83. The van der Waals surface area contributed by atoms with Crippen molar-refractivity contribution in [3.8, 4) is 5.75 Å². The Morgan fingerprint density at radius 1 is 1.29 bits per heavy atom. The van der Waals surface area contributed by atoms with Gasteiger partial charge in [0, 0.05) is 6.92 Å². The standard InChI is InChI=1S/C16H24O4Si/c1-12(18)20-15-8-7-13(9-14(15)10-17)11-19-21(5,6)16(2,3)4/h7-10H,11H2,1-6H3. The molecule has 0 amide bonds. The first-order chi connectivity index (χ1) is 9.56. The molecular formula is C16H24O4Si. The molecule has 1 rings (SSSR count). The Kier molecular flexibility index (Phi) is 5.47. The Labute approximate surface area is 127 Å². The van der Waals surface area contributed by atoms with Crippen LogP contribution in [-0.4, -0.2) is 20.6 Å². The molecule has 116 valence electrons. The largest absolute Gasteiger partial charge is 0.426 e. The van der Waals surface area contributed by atoms with Crippen LogP contribution in [0.2, 0.25) is 18.1 Å². The molecule has 0 aliphatic carbocycles. The third-order valence-electron chi connectivity index (χ3n) is 3.86. The van der Waals surface area contributed by atoms with Gasteiger partial charge >= 0.3 is 5.97 Å². The Balaban J connectivity index is 2.87. The van der Waals surface area contributed by atoms with Gasteiger partial charge in [0.05, 0.1) is 12.2 Å². The van der Waals surface area contributed by atoms with Crippen LogP contribution in [0, 0.1) is 0 Å². The summed E-state index contributed by atoms with van der Waals surface area (Å²) in [5, 5.41) is 0.137. The lowest BCUT2D eigenvalue weighted by atomic mass is 10.1. The van der Waals surface area contributed by atoms with Gasteiger partial charge in [-0.05, 0) is 35.8 Å². The van der Waals surface area contributed by atoms with Gasteiger partial charge in [0.25, 0.3) is 0 Å². The van der Waals surface area contributed by atoms with Crippen molar-refractivity contribution in [2.75, 3.05) is 0 Å². The van der Waals surface area contributed by atoms with Gasteiger partial charge in [0.2, 0.25) is 0 Å². The molecule has 0 aliphatic rings. The lowest BCUT2D eigenvalue weighted by Crippen LogP contribution is -2.40. The summed E-state index contributed by atoms with van der Waals surface area (Å²) in [6, 6.07) is 5.16. The quantitative estimate of drug-likeness (QED) is 0.358. The molecule has 0 unspecified atom stereocenters. The lowest BCUT2D eigenvalue weighted by Gasteiger charge is -2.36. The van der Waals surface area contributed by atoms with E-state index in [9.17, 15) is 9.59 Å². The van der Waals surface area contributed by atoms with E-state index in [1.165, 1.54) is 6.92 Å². The van der Waals surface area contributed by atoms with Crippen LogP contribution in [0.4, 0.5) is 0 Å². The van der Waals surface area contributed by atoms with E-state index in [0.29, 0.717) is 18.5 Å². The van der Waals surface area contributed by atoms with E-state index in [1.54, 1.807) is 12.1 Å². The number of benzene rings is 1. The maximum atomic E-state index is 11.1. The Morgan fingerprint density at radius 2 is 1.90 bits per heavy atom. The molecule has 0 spiro atoms. The Morgan fingerprint density at radius 3 is 2.38 bits per heavy atom. The zero-order valence-electron chi connectivity index (χ0n) is 13.6. The number of rotatable bonds is 5. The van der Waals surface area contributed by atoms with Crippen molar-refractivity contribution in [2.45, 2.75) is 52.4 Å². The predicted molar refractivity (Wildman–Crippen MR) is 85.1 cm³/mol. The van der Waals surface area contributed by atoms with Gasteiger partial charge in [-0.15, -0.1) is 0 Å². The smallest absolute Gasteiger partial charge is 0.308 e. The molecule has 0 aliphatic heterocycles. The zero-order chi connectivity index (χ0) is 16.3. The van der Waals surface area contributed by atoms with Crippen LogP contribution < -0.4 is 4.74 Å². The second kappa shape index (κ2) is 6.53. The molecule has 0 saturated carbocycles. The zero-order valence-corrected chi connectivity index (χ0v) is 14.6. The highest BCUT2D eigenvalue weighted by Gasteiger charge is 2.37. The summed E-state index contributed by atoms with van der Waals surface area (Å²) in [5.41, 5.74) is 1.26. The highest BCUT2D eigenvalue weighted by Crippen LogP contribution is 2.37. The van der Waals surface area contributed by atoms with Gasteiger partial charge in [-0.2, -0.15) is 0 Å². The Hall–Kier alpha value is -1.46. The maximum Gasteiger partial charge on any atom is 0.308 e. The SMILES string of the molecule is CC(=O)Oc1ccc(CO[Si](C)(C)C(C)(C)C)cc1C=O. The fourth-order valence-corrected chi connectivity index (χ4v) is 2.47. The molecule has 4 nitrogen and oxygen atoms in total. The van der Waals surface area contributed by atoms with E-state index >= 15 is 0 Å². The topological polar surface area (TPSA) is 52.6 Å². The van der Waals surface area contributed by atoms with Crippen molar-refractivity contribution in [2.24, 2.45) is 0 Å².